The molecule has 0 saturated heterocycles. The second-order valence-corrected chi connectivity index (χ2v) is 4.87. The summed E-state index contributed by atoms with van der Waals surface area (Å²) in [5.41, 5.74) is 0.327. The van der Waals surface area contributed by atoms with Crippen molar-refractivity contribution in [3.8, 4) is 0 Å². The number of oxazole rings is 1. The molecule has 2 rings (SSSR count). The van der Waals surface area contributed by atoms with Crippen molar-refractivity contribution >= 4 is 34.9 Å². The van der Waals surface area contributed by atoms with Crippen molar-refractivity contribution in [3.05, 3.63) is 24.3 Å². The summed E-state index contributed by atoms with van der Waals surface area (Å²) in [5, 5.41) is 11.3. The second-order valence-electron chi connectivity index (χ2n) is 3.76. The van der Waals surface area contributed by atoms with Gasteiger partial charge in [-0.1, -0.05) is 12.1 Å². The molecule has 2 N–H and O–H groups in total. The van der Waals surface area contributed by atoms with Gasteiger partial charge in [0.05, 0.1) is 6.42 Å². The van der Waals surface area contributed by atoms with E-state index in [-0.39, 0.29) is 17.6 Å². The van der Waals surface area contributed by atoms with E-state index in [2.05, 4.69) is 15.0 Å². The number of fused-ring (bicyclic) bond motifs is 1. The normalized spacial score (nSPS) is 12.1. The van der Waals surface area contributed by atoms with E-state index in [0.717, 1.165) is 11.8 Å². The minimum Gasteiger partial charge on any atom is -0.450 e. The standard InChI is InChI=1S/C12H12N2O5S/c1-13-9(15)6-10(19-12(16)17)20-11-14-7-4-2-3-5-8(7)18-11/h2-5,10H,6H2,1H3,(H,13,15)(H,16,17). The Morgan fingerprint density at radius 3 is 2.90 bits per heavy atom. The SMILES string of the molecule is CNC(=O)CC(OC(=O)O)Sc1nc2ccccc2o1. The molecular weight excluding hydrogens is 284 g/mol. The zero-order valence-corrected chi connectivity index (χ0v) is 11.3. The smallest absolute Gasteiger partial charge is 0.450 e. The molecule has 0 aliphatic heterocycles. The van der Waals surface area contributed by atoms with Crippen LogP contribution in [0, 0.1) is 0 Å². The van der Waals surface area contributed by atoms with E-state index in [4.69, 9.17) is 9.52 Å². The first-order chi connectivity index (χ1) is 9.58. The van der Waals surface area contributed by atoms with Crippen LogP contribution in [-0.2, 0) is 9.53 Å². The van der Waals surface area contributed by atoms with Crippen LogP contribution in [-0.4, -0.2) is 34.6 Å². The molecule has 0 aliphatic carbocycles. The number of nitrogens with one attached hydrogen (secondary N) is 1. The largest absolute Gasteiger partial charge is 0.506 e. The van der Waals surface area contributed by atoms with E-state index in [1.54, 1.807) is 18.2 Å². The highest BCUT2D eigenvalue weighted by atomic mass is 32.2. The number of ether oxygens (including phenoxy) is 1. The molecule has 1 aromatic carbocycles. The molecule has 1 atom stereocenters. The molecule has 2 aromatic rings. The molecule has 7 nitrogen and oxygen atoms in total. The van der Waals surface area contributed by atoms with Crippen LogP contribution in [0.4, 0.5) is 4.79 Å². The number of hydrogen-bond acceptors (Lipinski definition) is 6. The highest BCUT2D eigenvalue weighted by Gasteiger charge is 2.21. The quantitative estimate of drug-likeness (QED) is 0.494. The summed E-state index contributed by atoms with van der Waals surface area (Å²) in [4.78, 5) is 26.1. The van der Waals surface area contributed by atoms with E-state index < -0.39 is 11.6 Å². The number of rotatable bonds is 5. The molecule has 1 unspecified atom stereocenters. The van der Waals surface area contributed by atoms with E-state index in [9.17, 15) is 9.59 Å². The maximum atomic E-state index is 11.3. The van der Waals surface area contributed by atoms with Gasteiger partial charge in [-0.2, -0.15) is 0 Å². The van der Waals surface area contributed by atoms with Crippen molar-refractivity contribution in [2.45, 2.75) is 17.1 Å². The van der Waals surface area contributed by atoms with Crippen LogP contribution in [0.5, 0.6) is 0 Å². The maximum absolute atomic E-state index is 11.3. The molecule has 1 heterocycles. The Labute approximate surface area is 118 Å². The number of aromatic nitrogens is 1. The zero-order valence-electron chi connectivity index (χ0n) is 10.5. The van der Waals surface area contributed by atoms with Crippen LogP contribution in [0.1, 0.15) is 6.42 Å². The minimum absolute atomic E-state index is 0.119. The van der Waals surface area contributed by atoms with Crippen molar-refractivity contribution in [1.29, 1.82) is 0 Å². The number of para-hydroxylation sites is 2. The zero-order chi connectivity index (χ0) is 14.5. The fourth-order valence-electron chi connectivity index (χ4n) is 1.49. The van der Waals surface area contributed by atoms with Crippen LogP contribution in [0.15, 0.2) is 33.9 Å². The van der Waals surface area contributed by atoms with Gasteiger partial charge in [-0.3, -0.25) is 4.79 Å². The number of carboxylic acid groups (broad SMARTS) is 1. The van der Waals surface area contributed by atoms with Gasteiger partial charge in [0.2, 0.25) is 5.91 Å². The van der Waals surface area contributed by atoms with Gasteiger partial charge in [-0.05, 0) is 23.9 Å². The van der Waals surface area contributed by atoms with Gasteiger partial charge in [-0.25, -0.2) is 9.78 Å². The molecule has 0 radical (unpaired) electrons. The fourth-order valence-corrected chi connectivity index (χ4v) is 2.37. The molecule has 0 spiro atoms. The van der Waals surface area contributed by atoms with Crippen LogP contribution in [0.3, 0.4) is 0 Å². The lowest BCUT2D eigenvalue weighted by Crippen LogP contribution is -2.25. The van der Waals surface area contributed by atoms with Gasteiger partial charge in [0.1, 0.15) is 5.52 Å². The van der Waals surface area contributed by atoms with E-state index in [1.807, 2.05) is 6.07 Å². The number of nitrogens with zero attached hydrogens (tertiary/aromatic N) is 1. The van der Waals surface area contributed by atoms with Crippen LogP contribution in [0.2, 0.25) is 0 Å². The first-order valence-corrected chi connectivity index (χ1v) is 6.59. The lowest BCUT2D eigenvalue weighted by molar-refractivity contribution is -0.121. The number of amides is 1. The molecule has 8 heteroatoms. The van der Waals surface area contributed by atoms with Crippen molar-refractivity contribution in [3.63, 3.8) is 0 Å². The lowest BCUT2D eigenvalue weighted by Gasteiger charge is -2.12. The first kappa shape index (κ1) is 14.2. The van der Waals surface area contributed by atoms with Crippen molar-refractivity contribution in [1.82, 2.24) is 10.3 Å². The minimum atomic E-state index is -1.46. The Hall–Kier alpha value is -2.22. The number of hydrogen-bond donors (Lipinski definition) is 2. The van der Waals surface area contributed by atoms with E-state index in [0.29, 0.717) is 11.1 Å². The van der Waals surface area contributed by atoms with Crippen LogP contribution >= 0.6 is 11.8 Å². The fraction of sp³-hybridized carbons (Fsp3) is 0.250. The summed E-state index contributed by atoms with van der Waals surface area (Å²) in [6, 6.07) is 7.14. The lowest BCUT2D eigenvalue weighted by atomic mass is 10.3. The van der Waals surface area contributed by atoms with Gasteiger partial charge in [0.25, 0.3) is 5.22 Å². The van der Waals surface area contributed by atoms with Crippen molar-refractivity contribution in [2.24, 2.45) is 0 Å². The summed E-state index contributed by atoms with van der Waals surface area (Å²) in [6.07, 6.45) is -1.57. The topological polar surface area (TPSA) is 102 Å². The molecular formula is C12H12N2O5S. The van der Waals surface area contributed by atoms with E-state index in [1.165, 1.54) is 7.05 Å². The Bertz CT molecular complexity index is 594. The molecule has 0 aliphatic rings. The first-order valence-electron chi connectivity index (χ1n) is 5.71. The van der Waals surface area contributed by atoms with Gasteiger partial charge < -0.3 is 19.6 Å². The number of carbonyl (C=O) groups is 2. The molecule has 20 heavy (non-hydrogen) atoms. The molecule has 0 bridgehead atoms. The summed E-state index contributed by atoms with van der Waals surface area (Å²) < 4.78 is 10.1. The summed E-state index contributed by atoms with van der Waals surface area (Å²) >= 11 is 0.945. The molecule has 1 amide bonds. The highest BCUT2D eigenvalue weighted by molar-refractivity contribution is 7.99. The van der Waals surface area contributed by atoms with Crippen molar-refractivity contribution < 1.29 is 23.8 Å². The molecule has 0 saturated carbocycles. The van der Waals surface area contributed by atoms with E-state index >= 15 is 0 Å². The summed E-state index contributed by atoms with van der Waals surface area (Å²) in [5.74, 6) is -0.333. The number of carbonyl (C=O) groups excluding carboxylic acids is 1. The molecule has 1 aromatic heterocycles. The predicted octanol–water partition coefficient (Wildman–Crippen LogP) is 2.08. The Morgan fingerprint density at radius 1 is 1.50 bits per heavy atom. The summed E-state index contributed by atoms with van der Waals surface area (Å²) in [7, 11) is 1.46. The van der Waals surface area contributed by atoms with Gasteiger partial charge in [-0.15, -0.1) is 0 Å². The molecule has 0 fully saturated rings. The Morgan fingerprint density at radius 2 is 2.25 bits per heavy atom. The highest BCUT2D eigenvalue weighted by Crippen LogP contribution is 2.28. The third-order valence-electron chi connectivity index (χ3n) is 2.37. The average Bonchev–Trinajstić information content (AvgIpc) is 2.79. The van der Waals surface area contributed by atoms with Crippen LogP contribution in [0.25, 0.3) is 11.1 Å². The number of benzene rings is 1. The predicted molar refractivity (Wildman–Crippen MR) is 71.4 cm³/mol. The third-order valence-corrected chi connectivity index (χ3v) is 3.27. The Kier molecular flexibility index (Phi) is 4.46. The maximum Gasteiger partial charge on any atom is 0.506 e. The van der Waals surface area contributed by atoms with Gasteiger partial charge in [0, 0.05) is 7.05 Å². The van der Waals surface area contributed by atoms with Gasteiger partial charge in [0.15, 0.2) is 11.0 Å². The number of thioether (sulfide) groups is 1. The van der Waals surface area contributed by atoms with Crippen LogP contribution < -0.4 is 5.32 Å². The second kappa shape index (κ2) is 6.29. The van der Waals surface area contributed by atoms with Gasteiger partial charge >= 0.3 is 6.16 Å². The Balaban J connectivity index is 2.13. The summed E-state index contributed by atoms with van der Waals surface area (Å²) in [6.45, 7) is 0. The average molecular weight is 296 g/mol. The monoisotopic (exact) mass is 296 g/mol. The third kappa shape index (κ3) is 3.64. The van der Waals surface area contributed by atoms with Crippen molar-refractivity contribution in [2.75, 3.05) is 7.05 Å². The molecule has 106 valence electrons.